The van der Waals surface area contributed by atoms with E-state index in [0.717, 1.165) is 0 Å². The van der Waals surface area contributed by atoms with E-state index in [4.69, 9.17) is 11.0 Å². The van der Waals surface area contributed by atoms with Crippen LogP contribution in [0.15, 0.2) is 36.4 Å². The van der Waals surface area contributed by atoms with Crippen molar-refractivity contribution in [3.8, 4) is 6.07 Å². The first kappa shape index (κ1) is 15.6. The van der Waals surface area contributed by atoms with E-state index >= 15 is 0 Å². The second kappa shape index (κ2) is 5.57. The van der Waals surface area contributed by atoms with Crippen molar-refractivity contribution < 1.29 is 14.4 Å². The van der Waals surface area contributed by atoms with E-state index in [2.05, 4.69) is 0 Å². The van der Waals surface area contributed by atoms with Crippen LogP contribution in [0.5, 0.6) is 0 Å². The lowest BCUT2D eigenvalue weighted by Gasteiger charge is -2.46. The zero-order valence-electron chi connectivity index (χ0n) is 12.2. The van der Waals surface area contributed by atoms with Crippen LogP contribution in [-0.2, 0) is 19.8 Å². The van der Waals surface area contributed by atoms with Gasteiger partial charge in [0.15, 0.2) is 5.78 Å². The molecule has 0 heterocycles. The molecule has 0 saturated heterocycles. The maximum Gasteiger partial charge on any atom is 0.228 e. The van der Waals surface area contributed by atoms with Gasteiger partial charge in [0.2, 0.25) is 5.91 Å². The third kappa shape index (κ3) is 2.23. The van der Waals surface area contributed by atoms with Gasteiger partial charge in [0.25, 0.3) is 0 Å². The molecular formula is C17H16N2O3. The molecule has 112 valence electrons. The molecule has 0 fully saturated rings. The van der Waals surface area contributed by atoms with Crippen LogP contribution in [0.25, 0.3) is 0 Å². The Morgan fingerprint density at radius 1 is 1.41 bits per heavy atom. The van der Waals surface area contributed by atoms with Gasteiger partial charge in [0.05, 0.1) is 17.0 Å². The number of hydrogen-bond acceptors (Lipinski definition) is 4. The summed E-state index contributed by atoms with van der Waals surface area (Å²) >= 11 is 0. The number of hydrogen-bond donors (Lipinski definition) is 1. The average Bonchev–Trinajstić information content (AvgIpc) is 2.51. The molecule has 5 heteroatoms. The van der Waals surface area contributed by atoms with Crippen molar-refractivity contribution >= 4 is 18.0 Å². The number of carbonyl (C=O) groups excluding carboxylic acids is 3. The molecule has 0 bridgehead atoms. The molecule has 1 aliphatic rings. The minimum Gasteiger partial charge on any atom is -0.369 e. The van der Waals surface area contributed by atoms with Gasteiger partial charge in [-0.05, 0) is 30.7 Å². The van der Waals surface area contributed by atoms with Crippen LogP contribution in [0.4, 0.5) is 0 Å². The van der Waals surface area contributed by atoms with Crippen molar-refractivity contribution in [1.82, 2.24) is 0 Å². The Morgan fingerprint density at radius 2 is 2.05 bits per heavy atom. The van der Waals surface area contributed by atoms with Gasteiger partial charge in [-0.15, -0.1) is 0 Å². The van der Waals surface area contributed by atoms with Gasteiger partial charge >= 0.3 is 0 Å². The fourth-order valence-electron chi connectivity index (χ4n) is 3.09. The van der Waals surface area contributed by atoms with Crippen molar-refractivity contribution in [3.05, 3.63) is 47.5 Å². The van der Waals surface area contributed by atoms with Gasteiger partial charge in [0.1, 0.15) is 6.29 Å². The molecule has 0 spiro atoms. The minimum absolute atomic E-state index is 0.00554. The fourth-order valence-corrected chi connectivity index (χ4v) is 3.09. The Balaban J connectivity index is 2.70. The maximum absolute atomic E-state index is 12.1. The smallest absolute Gasteiger partial charge is 0.228 e. The average molecular weight is 296 g/mol. The number of aldehydes is 1. The van der Waals surface area contributed by atoms with Gasteiger partial charge in [0, 0.05) is 18.3 Å². The molecule has 0 aromatic heterocycles. The lowest BCUT2D eigenvalue weighted by atomic mass is 9.54. The molecule has 5 nitrogen and oxygen atoms in total. The molecular weight excluding hydrogens is 280 g/mol. The van der Waals surface area contributed by atoms with Crippen LogP contribution in [-0.4, -0.2) is 18.0 Å². The number of allylic oxidation sites excluding steroid dienone is 1. The SMILES string of the molecule is CC1(C(N)=O)C=CC(=O)CC1(CC=O)c1ccc(C#N)cc1. The Hall–Kier alpha value is -2.74. The minimum atomic E-state index is -1.16. The van der Waals surface area contributed by atoms with Crippen molar-refractivity contribution in [2.75, 3.05) is 0 Å². The number of carbonyl (C=O) groups is 3. The third-order valence-electron chi connectivity index (χ3n) is 4.58. The predicted molar refractivity (Wildman–Crippen MR) is 79.6 cm³/mol. The monoisotopic (exact) mass is 296 g/mol. The molecule has 1 amide bonds. The molecule has 22 heavy (non-hydrogen) atoms. The van der Waals surface area contributed by atoms with Crippen LogP contribution >= 0.6 is 0 Å². The van der Waals surface area contributed by atoms with E-state index in [1.807, 2.05) is 6.07 Å². The number of amides is 1. The maximum atomic E-state index is 12.1. The molecule has 1 aromatic rings. The lowest BCUT2D eigenvalue weighted by molar-refractivity contribution is -0.131. The summed E-state index contributed by atoms with van der Waals surface area (Å²) in [5, 5.41) is 8.89. The number of nitrogens with zero attached hydrogens (tertiary/aromatic N) is 1. The van der Waals surface area contributed by atoms with Crippen molar-refractivity contribution in [2.45, 2.75) is 25.2 Å². The highest BCUT2D eigenvalue weighted by molar-refractivity contribution is 5.97. The lowest BCUT2D eigenvalue weighted by Crippen LogP contribution is -2.53. The summed E-state index contributed by atoms with van der Waals surface area (Å²) in [6, 6.07) is 8.57. The normalized spacial score (nSPS) is 27.2. The molecule has 2 N–H and O–H groups in total. The van der Waals surface area contributed by atoms with Gasteiger partial charge in [-0.25, -0.2) is 0 Å². The zero-order chi connectivity index (χ0) is 16.4. The van der Waals surface area contributed by atoms with E-state index in [9.17, 15) is 14.4 Å². The van der Waals surface area contributed by atoms with Crippen LogP contribution in [0.1, 0.15) is 30.9 Å². The topological polar surface area (TPSA) is 101 Å². The quantitative estimate of drug-likeness (QED) is 0.848. The number of nitriles is 1. The first-order valence-corrected chi connectivity index (χ1v) is 6.86. The number of benzene rings is 1. The van der Waals surface area contributed by atoms with Gasteiger partial charge in [-0.2, -0.15) is 5.26 Å². The molecule has 2 unspecified atom stereocenters. The number of ketones is 1. The summed E-state index contributed by atoms with van der Waals surface area (Å²) in [6.45, 7) is 1.64. The molecule has 0 saturated carbocycles. The molecule has 2 atom stereocenters. The first-order valence-electron chi connectivity index (χ1n) is 6.86. The van der Waals surface area contributed by atoms with Crippen LogP contribution < -0.4 is 5.73 Å². The van der Waals surface area contributed by atoms with Crippen molar-refractivity contribution in [1.29, 1.82) is 5.26 Å². The number of rotatable bonds is 4. The molecule has 2 rings (SSSR count). The summed E-state index contributed by atoms with van der Waals surface area (Å²) in [4.78, 5) is 35.3. The highest BCUT2D eigenvalue weighted by Crippen LogP contribution is 2.50. The second-order valence-electron chi connectivity index (χ2n) is 5.69. The van der Waals surface area contributed by atoms with E-state index < -0.39 is 16.7 Å². The molecule has 1 aliphatic carbocycles. The summed E-state index contributed by atoms with van der Waals surface area (Å²) < 4.78 is 0. The van der Waals surface area contributed by atoms with Crippen LogP contribution in [0, 0.1) is 16.7 Å². The summed E-state index contributed by atoms with van der Waals surface area (Å²) in [5.74, 6) is -0.757. The molecule has 0 radical (unpaired) electrons. The largest absolute Gasteiger partial charge is 0.369 e. The van der Waals surface area contributed by atoms with Gasteiger partial charge in [-0.3, -0.25) is 9.59 Å². The molecule has 0 aliphatic heterocycles. The standard InChI is InChI=1S/C17H16N2O3/c1-16(15(19)22)7-6-14(21)10-17(16,8-9-20)13-4-2-12(11-18)3-5-13/h2-7,9H,8,10H2,1H3,(H2,19,22). The Bertz CT molecular complexity index is 700. The molecule has 1 aromatic carbocycles. The van der Waals surface area contributed by atoms with Crippen molar-refractivity contribution in [3.63, 3.8) is 0 Å². The van der Waals surface area contributed by atoms with Gasteiger partial charge < -0.3 is 10.5 Å². The number of nitrogens with two attached hydrogens (primary N) is 1. The highest BCUT2D eigenvalue weighted by Gasteiger charge is 2.54. The van der Waals surface area contributed by atoms with Crippen LogP contribution in [0.3, 0.4) is 0 Å². The third-order valence-corrected chi connectivity index (χ3v) is 4.58. The highest BCUT2D eigenvalue weighted by atomic mass is 16.1. The Morgan fingerprint density at radius 3 is 2.55 bits per heavy atom. The fraction of sp³-hybridized carbons (Fsp3) is 0.294. The Kier molecular flexibility index (Phi) is 3.96. The van der Waals surface area contributed by atoms with E-state index in [0.29, 0.717) is 17.4 Å². The van der Waals surface area contributed by atoms with E-state index in [1.54, 1.807) is 31.2 Å². The van der Waals surface area contributed by atoms with E-state index in [1.165, 1.54) is 12.2 Å². The summed E-state index contributed by atoms with van der Waals surface area (Å²) in [7, 11) is 0. The van der Waals surface area contributed by atoms with Crippen LogP contribution in [0.2, 0.25) is 0 Å². The summed E-state index contributed by atoms with van der Waals surface area (Å²) in [6.07, 6.45) is 3.55. The van der Waals surface area contributed by atoms with Crippen molar-refractivity contribution in [2.24, 2.45) is 11.1 Å². The number of primary amides is 1. The second-order valence-corrected chi connectivity index (χ2v) is 5.69. The predicted octanol–water partition coefficient (Wildman–Crippen LogP) is 1.41. The Labute approximate surface area is 128 Å². The van der Waals surface area contributed by atoms with E-state index in [-0.39, 0.29) is 18.6 Å². The zero-order valence-corrected chi connectivity index (χ0v) is 12.2. The summed E-state index contributed by atoms with van der Waals surface area (Å²) in [5.41, 5.74) is 4.50. The first-order chi connectivity index (χ1) is 10.4. The van der Waals surface area contributed by atoms with Gasteiger partial charge in [-0.1, -0.05) is 18.2 Å².